The highest BCUT2D eigenvalue weighted by molar-refractivity contribution is 6.01. The number of hydrogen-bond donors (Lipinski definition) is 2. The first-order valence-corrected chi connectivity index (χ1v) is 13.0. The molecule has 2 atom stereocenters. The third kappa shape index (κ3) is 5.58. The Morgan fingerprint density at radius 3 is 2.39 bits per heavy atom. The van der Waals surface area contributed by atoms with Gasteiger partial charge in [0.2, 0.25) is 11.8 Å². The number of hydrogen-bond acceptors (Lipinski definition) is 6. The van der Waals surface area contributed by atoms with Gasteiger partial charge in [0.25, 0.3) is 5.91 Å². The Morgan fingerprint density at radius 2 is 1.66 bits per heavy atom. The fraction of sp³-hybridized carbons (Fsp3) is 0.429. The molecule has 10 nitrogen and oxygen atoms in total. The first kappa shape index (κ1) is 25.6. The van der Waals surface area contributed by atoms with E-state index in [9.17, 15) is 24.3 Å². The molecule has 2 aromatic rings. The summed E-state index contributed by atoms with van der Waals surface area (Å²) in [7, 11) is 0. The second kappa shape index (κ2) is 11.1. The van der Waals surface area contributed by atoms with Crippen molar-refractivity contribution in [2.45, 2.75) is 38.1 Å². The van der Waals surface area contributed by atoms with Crippen LogP contribution in [0.4, 0.5) is 4.79 Å². The van der Waals surface area contributed by atoms with Gasteiger partial charge < -0.3 is 24.8 Å². The maximum absolute atomic E-state index is 12.0. The maximum atomic E-state index is 12.0. The first-order chi connectivity index (χ1) is 18.4. The van der Waals surface area contributed by atoms with E-state index in [1.54, 1.807) is 6.07 Å². The maximum Gasteiger partial charge on any atom is 0.407 e. The number of rotatable bonds is 8. The summed E-state index contributed by atoms with van der Waals surface area (Å²) in [5.41, 5.74) is 2.65. The average Bonchev–Trinajstić information content (AvgIpc) is 3.34. The zero-order valence-corrected chi connectivity index (χ0v) is 21.1. The highest BCUT2D eigenvalue weighted by Crippen LogP contribution is 2.35. The van der Waals surface area contributed by atoms with Crippen LogP contribution in [0.3, 0.4) is 0 Å². The Labute approximate surface area is 220 Å². The summed E-state index contributed by atoms with van der Waals surface area (Å²) in [6.07, 6.45) is 0.917. The van der Waals surface area contributed by atoms with Crippen LogP contribution in [0, 0.1) is 5.92 Å². The van der Waals surface area contributed by atoms with Gasteiger partial charge >= 0.3 is 6.09 Å². The van der Waals surface area contributed by atoms with Gasteiger partial charge in [0.05, 0.1) is 13.2 Å². The van der Waals surface area contributed by atoms with Crippen molar-refractivity contribution in [1.29, 1.82) is 0 Å². The van der Waals surface area contributed by atoms with Crippen molar-refractivity contribution in [3.8, 4) is 11.5 Å². The van der Waals surface area contributed by atoms with Crippen LogP contribution in [0.1, 0.15) is 53.1 Å². The largest absolute Gasteiger partial charge is 0.493 e. The number of nitrogens with zero attached hydrogens (tertiary/aromatic N) is 2. The number of fused-ring (bicyclic) bond motifs is 1. The van der Waals surface area contributed by atoms with Crippen molar-refractivity contribution in [3.05, 3.63) is 59.2 Å². The molecule has 0 bridgehead atoms. The van der Waals surface area contributed by atoms with E-state index in [1.807, 2.05) is 36.4 Å². The molecule has 38 heavy (non-hydrogen) atoms. The predicted octanol–water partition coefficient (Wildman–Crippen LogP) is 3.01. The Bertz CT molecular complexity index is 1210. The summed E-state index contributed by atoms with van der Waals surface area (Å²) < 4.78 is 11.9. The summed E-state index contributed by atoms with van der Waals surface area (Å²) >= 11 is 0. The van der Waals surface area contributed by atoms with E-state index in [1.165, 1.54) is 9.80 Å². The van der Waals surface area contributed by atoms with E-state index in [0.717, 1.165) is 11.1 Å². The van der Waals surface area contributed by atoms with Gasteiger partial charge in [-0.05, 0) is 54.2 Å². The van der Waals surface area contributed by atoms with E-state index < -0.39 is 6.09 Å². The van der Waals surface area contributed by atoms with E-state index in [0.29, 0.717) is 56.1 Å². The third-order valence-electron chi connectivity index (χ3n) is 7.60. The number of carbonyl (C=O) groups excluding carboxylic acids is 3. The highest BCUT2D eigenvalue weighted by Gasteiger charge is 2.31. The molecule has 2 N–H and O–H groups in total. The van der Waals surface area contributed by atoms with Crippen LogP contribution in [0.15, 0.2) is 42.5 Å². The van der Waals surface area contributed by atoms with Crippen molar-refractivity contribution < 1.29 is 33.8 Å². The number of ether oxygens (including phenoxy) is 2. The number of benzene rings is 2. The Kier molecular flexibility index (Phi) is 7.48. The number of carbonyl (C=O) groups is 4. The standard InChI is InChI=1S/C28H31N3O7/c32-25-7-8-26(33)31(25)13-14-37-21-4-1-18(2-5-21)23-10-12-30(28(35)36)11-9-20(23)17-38-22-6-3-19-16-29-27(34)24(19)15-22/h1-6,15,20,23H,7-14,16-17H2,(H,29,34)(H,35,36)/t20?,23-/m0/s1. The normalized spacial score (nSPS) is 21.2. The average molecular weight is 522 g/mol. The minimum Gasteiger partial charge on any atom is -0.493 e. The number of nitrogens with one attached hydrogen (secondary N) is 1. The van der Waals surface area contributed by atoms with Crippen LogP contribution < -0.4 is 14.8 Å². The summed E-state index contributed by atoms with van der Waals surface area (Å²) in [5.74, 6) is 0.987. The quantitative estimate of drug-likeness (QED) is 0.512. The highest BCUT2D eigenvalue weighted by atomic mass is 16.5. The summed E-state index contributed by atoms with van der Waals surface area (Å²) in [6.45, 7) is 2.25. The molecule has 10 heteroatoms. The van der Waals surface area contributed by atoms with Gasteiger partial charge in [-0.2, -0.15) is 0 Å². The van der Waals surface area contributed by atoms with Crippen molar-refractivity contribution in [3.63, 3.8) is 0 Å². The SMILES string of the molecule is O=C1NCc2ccc(OCC3CCN(C(=O)O)CC[C@H]3c3ccc(OCCN4C(=O)CCC4=O)cc3)cc21. The number of likely N-dealkylation sites (tertiary alicyclic amines) is 2. The minimum absolute atomic E-state index is 0.0698. The van der Waals surface area contributed by atoms with Crippen LogP contribution in [-0.4, -0.2) is 71.6 Å². The van der Waals surface area contributed by atoms with Crippen LogP contribution in [-0.2, 0) is 16.1 Å². The monoisotopic (exact) mass is 521 g/mol. The summed E-state index contributed by atoms with van der Waals surface area (Å²) in [6, 6.07) is 13.2. The molecular weight excluding hydrogens is 490 g/mol. The number of amides is 4. The molecule has 3 aliphatic heterocycles. The van der Waals surface area contributed by atoms with Gasteiger partial charge in [-0.25, -0.2) is 4.79 Å². The van der Waals surface area contributed by atoms with Crippen LogP contribution in [0.5, 0.6) is 11.5 Å². The number of carboxylic acid groups (broad SMARTS) is 1. The molecule has 2 fully saturated rings. The molecular formula is C28H31N3O7. The Hall–Kier alpha value is -4.08. The molecule has 0 radical (unpaired) electrons. The lowest BCUT2D eigenvalue weighted by Crippen LogP contribution is -2.33. The van der Waals surface area contributed by atoms with E-state index in [2.05, 4.69) is 5.32 Å². The molecule has 3 heterocycles. The van der Waals surface area contributed by atoms with Gasteiger partial charge in [0, 0.05) is 44.0 Å². The molecule has 2 aromatic carbocycles. The van der Waals surface area contributed by atoms with E-state index in [4.69, 9.17) is 9.47 Å². The fourth-order valence-corrected chi connectivity index (χ4v) is 5.42. The zero-order valence-electron chi connectivity index (χ0n) is 21.1. The Balaban J connectivity index is 1.24. The van der Waals surface area contributed by atoms with Crippen LogP contribution in [0.25, 0.3) is 0 Å². The van der Waals surface area contributed by atoms with Gasteiger partial charge in [0.15, 0.2) is 0 Å². The van der Waals surface area contributed by atoms with Gasteiger partial charge in [0.1, 0.15) is 18.1 Å². The van der Waals surface area contributed by atoms with Crippen molar-refractivity contribution >= 4 is 23.8 Å². The lowest BCUT2D eigenvalue weighted by atomic mass is 9.83. The summed E-state index contributed by atoms with van der Waals surface area (Å²) in [5, 5.41) is 12.4. The molecule has 3 aliphatic rings. The molecule has 0 saturated carbocycles. The predicted molar refractivity (Wildman–Crippen MR) is 136 cm³/mol. The van der Waals surface area contributed by atoms with Gasteiger partial charge in [-0.3, -0.25) is 19.3 Å². The molecule has 2 saturated heterocycles. The lowest BCUT2D eigenvalue weighted by Gasteiger charge is -2.25. The minimum atomic E-state index is -0.923. The molecule has 4 amide bonds. The molecule has 0 spiro atoms. The zero-order chi connectivity index (χ0) is 26.6. The third-order valence-corrected chi connectivity index (χ3v) is 7.60. The molecule has 1 unspecified atom stereocenters. The van der Waals surface area contributed by atoms with E-state index >= 15 is 0 Å². The van der Waals surface area contributed by atoms with Gasteiger partial charge in [-0.15, -0.1) is 0 Å². The molecule has 5 rings (SSSR count). The fourth-order valence-electron chi connectivity index (χ4n) is 5.42. The van der Waals surface area contributed by atoms with Crippen LogP contribution >= 0.6 is 0 Å². The number of imide groups is 1. The van der Waals surface area contributed by atoms with E-state index in [-0.39, 0.29) is 55.6 Å². The first-order valence-electron chi connectivity index (χ1n) is 13.0. The second-order valence-electron chi connectivity index (χ2n) is 9.88. The molecule has 0 aliphatic carbocycles. The molecule has 0 aromatic heterocycles. The second-order valence-corrected chi connectivity index (χ2v) is 9.88. The van der Waals surface area contributed by atoms with Crippen molar-refractivity contribution in [2.24, 2.45) is 5.92 Å². The van der Waals surface area contributed by atoms with Crippen molar-refractivity contribution in [1.82, 2.24) is 15.1 Å². The summed E-state index contributed by atoms with van der Waals surface area (Å²) in [4.78, 5) is 49.9. The van der Waals surface area contributed by atoms with Crippen molar-refractivity contribution in [2.75, 3.05) is 32.8 Å². The van der Waals surface area contributed by atoms with Gasteiger partial charge in [-0.1, -0.05) is 18.2 Å². The lowest BCUT2D eigenvalue weighted by molar-refractivity contribution is -0.138. The van der Waals surface area contributed by atoms with Crippen LogP contribution in [0.2, 0.25) is 0 Å². The molecule has 200 valence electrons. The smallest absolute Gasteiger partial charge is 0.407 e. The topological polar surface area (TPSA) is 125 Å². The Morgan fingerprint density at radius 1 is 0.947 bits per heavy atom.